The molecule has 3 amide bonds. The first-order valence-corrected chi connectivity index (χ1v) is 11.2. The van der Waals surface area contributed by atoms with Gasteiger partial charge in [-0.1, -0.05) is 18.2 Å². The highest BCUT2D eigenvalue weighted by molar-refractivity contribution is 6.11. The number of anilines is 2. The van der Waals surface area contributed by atoms with Crippen molar-refractivity contribution >= 4 is 23.3 Å². The minimum Gasteiger partial charge on any atom is -0.494 e. The standard InChI is InChI=1S/C24H30N4O4/c1-2-32-19-12-10-18(11-13-19)28-23(30)26-21-9-4-3-8-20(21)24(28,31)22(29)25-14-7-17-27-15-5-6-16-27/h3-4,8-13,31H,2,5-7,14-17H2,1H3,(H,25,29)(H,26,30). The Morgan fingerprint density at radius 1 is 1.16 bits per heavy atom. The lowest BCUT2D eigenvalue weighted by Crippen LogP contribution is -2.62. The molecular formula is C24H30N4O4. The van der Waals surface area contributed by atoms with Gasteiger partial charge in [0.1, 0.15) is 5.75 Å². The third-order valence-corrected chi connectivity index (χ3v) is 5.93. The fraction of sp³-hybridized carbons (Fsp3) is 0.417. The van der Waals surface area contributed by atoms with Crippen LogP contribution < -0.4 is 20.3 Å². The highest BCUT2D eigenvalue weighted by Crippen LogP contribution is 2.40. The summed E-state index contributed by atoms with van der Waals surface area (Å²) in [6.45, 7) is 5.90. The van der Waals surface area contributed by atoms with Crippen molar-refractivity contribution < 1.29 is 19.4 Å². The molecule has 0 aromatic heterocycles. The summed E-state index contributed by atoms with van der Waals surface area (Å²) in [6.07, 6.45) is 3.21. The van der Waals surface area contributed by atoms with Crippen molar-refractivity contribution in [2.24, 2.45) is 0 Å². The molecule has 1 unspecified atom stereocenters. The van der Waals surface area contributed by atoms with Gasteiger partial charge in [0.15, 0.2) is 0 Å². The van der Waals surface area contributed by atoms with Gasteiger partial charge < -0.3 is 25.4 Å². The lowest BCUT2D eigenvalue weighted by Gasteiger charge is -2.42. The molecular weight excluding hydrogens is 408 g/mol. The number of fused-ring (bicyclic) bond motifs is 1. The minimum absolute atomic E-state index is 0.325. The topological polar surface area (TPSA) is 94.1 Å². The molecule has 4 rings (SSSR count). The third kappa shape index (κ3) is 4.28. The van der Waals surface area contributed by atoms with Gasteiger partial charge in [-0.15, -0.1) is 0 Å². The lowest BCUT2D eigenvalue weighted by molar-refractivity contribution is -0.140. The van der Waals surface area contributed by atoms with Crippen molar-refractivity contribution in [3.05, 3.63) is 54.1 Å². The van der Waals surface area contributed by atoms with Crippen molar-refractivity contribution in [2.45, 2.75) is 31.9 Å². The number of benzene rings is 2. The van der Waals surface area contributed by atoms with Crippen LogP contribution in [0.1, 0.15) is 31.7 Å². The first-order chi connectivity index (χ1) is 15.5. The van der Waals surface area contributed by atoms with Crippen LogP contribution in [0.2, 0.25) is 0 Å². The van der Waals surface area contributed by atoms with Crippen LogP contribution in [0.15, 0.2) is 48.5 Å². The van der Waals surface area contributed by atoms with Crippen LogP contribution in [-0.2, 0) is 10.5 Å². The van der Waals surface area contributed by atoms with E-state index in [1.54, 1.807) is 48.5 Å². The number of urea groups is 1. The fourth-order valence-corrected chi connectivity index (χ4v) is 4.35. The average Bonchev–Trinajstić information content (AvgIpc) is 3.31. The van der Waals surface area contributed by atoms with Gasteiger partial charge >= 0.3 is 6.03 Å². The zero-order valence-electron chi connectivity index (χ0n) is 18.3. The van der Waals surface area contributed by atoms with E-state index in [-0.39, 0.29) is 0 Å². The predicted molar refractivity (Wildman–Crippen MR) is 123 cm³/mol. The Labute approximate surface area is 188 Å². The van der Waals surface area contributed by atoms with Crippen molar-refractivity contribution in [3.63, 3.8) is 0 Å². The summed E-state index contributed by atoms with van der Waals surface area (Å²) in [5.41, 5.74) is -1.06. The van der Waals surface area contributed by atoms with Crippen LogP contribution >= 0.6 is 0 Å². The molecule has 3 N–H and O–H groups in total. The number of hydrogen-bond acceptors (Lipinski definition) is 5. The zero-order valence-corrected chi connectivity index (χ0v) is 18.3. The first-order valence-electron chi connectivity index (χ1n) is 11.2. The second kappa shape index (κ2) is 9.58. The summed E-state index contributed by atoms with van der Waals surface area (Å²) in [6, 6.07) is 13.0. The van der Waals surface area contributed by atoms with Crippen molar-refractivity contribution in [1.29, 1.82) is 0 Å². The summed E-state index contributed by atoms with van der Waals surface area (Å²) >= 11 is 0. The molecule has 170 valence electrons. The molecule has 2 heterocycles. The van der Waals surface area contributed by atoms with Crippen LogP contribution in [0, 0.1) is 0 Å². The van der Waals surface area contributed by atoms with Gasteiger partial charge in [-0.25, -0.2) is 4.79 Å². The van der Waals surface area contributed by atoms with Crippen molar-refractivity contribution in [1.82, 2.24) is 10.2 Å². The Morgan fingerprint density at radius 3 is 2.59 bits per heavy atom. The fourth-order valence-electron chi connectivity index (χ4n) is 4.35. The van der Waals surface area contributed by atoms with Gasteiger partial charge in [0, 0.05) is 17.8 Å². The number of nitrogens with zero attached hydrogens (tertiary/aromatic N) is 2. The molecule has 32 heavy (non-hydrogen) atoms. The molecule has 0 aliphatic carbocycles. The Hall–Kier alpha value is -3.10. The predicted octanol–water partition coefficient (Wildman–Crippen LogP) is 2.88. The zero-order chi connectivity index (χ0) is 22.6. The maximum Gasteiger partial charge on any atom is 0.329 e. The number of para-hydroxylation sites is 1. The van der Waals surface area contributed by atoms with Crippen LogP contribution in [0.5, 0.6) is 5.75 Å². The number of hydrogen-bond donors (Lipinski definition) is 3. The van der Waals surface area contributed by atoms with Gasteiger partial charge in [-0.05, 0) is 76.2 Å². The molecule has 8 nitrogen and oxygen atoms in total. The van der Waals surface area contributed by atoms with Crippen molar-refractivity contribution in [3.8, 4) is 5.75 Å². The Morgan fingerprint density at radius 2 is 1.88 bits per heavy atom. The quantitative estimate of drug-likeness (QED) is 0.551. The summed E-state index contributed by atoms with van der Waals surface area (Å²) in [5.74, 6) is 0.0130. The molecule has 1 saturated heterocycles. The number of rotatable bonds is 8. The number of ether oxygens (including phenoxy) is 1. The Kier molecular flexibility index (Phi) is 6.62. The van der Waals surface area contributed by atoms with Crippen LogP contribution in [0.3, 0.4) is 0 Å². The highest BCUT2D eigenvalue weighted by Gasteiger charge is 2.51. The number of carbonyl (C=O) groups excluding carboxylic acids is 2. The van der Waals surface area contributed by atoms with E-state index < -0.39 is 17.7 Å². The summed E-state index contributed by atoms with van der Waals surface area (Å²) in [4.78, 5) is 29.9. The molecule has 2 aliphatic rings. The van der Waals surface area contributed by atoms with Gasteiger partial charge in [-0.2, -0.15) is 0 Å². The molecule has 2 aliphatic heterocycles. The molecule has 0 radical (unpaired) electrons. The molecule has 1 fully saturated rings. The molecule has 1 atom stereocenters. The SMILES string of the molecule is CCOc1ccc(N2C(=O)Nc3ccccc3C2(O)C(=O)NCCCN2CCCC2)cc1. The van der Waals surface area contributed by atoms with Gasteiger partial charge in [-0.3, -0.25) is 9.69 Å². The molecule has 8 heteroatoms. The number of likely N-dealkylation sites (tertiary alicyclic amines) is 1. The molecule has 0 spiro atoms. The van der Waals surface area contributed by atoms with Crippen LogP contribution in [-0.4, -0.2) is 54.7 Å². The van der Waals surface area contributed by atoms with Gasteiger partial charge in [0.25, 0.3) is 11.6 Å². The van der Waals surface area contributed by atoms with E-state index in [0.717, 1.165) is 31.0 Å². The van der Waals surface area contributed by atoms with E-state index in [9.17, 15) is 14.7 Å². The van der Waals surface area contributed by atoms with Crippen molar-refractivity contribution in [2.75, 3.05) is 43.0 Å². The minimum atomic E-state index is -2.18. The molecule has 0 bridgehead atoms. The average molecular weight is 439 g/mol. The Balaban J connectivity index is 1.59. The van der Waals surface area contributed by atoms with Crippen LogP contribution in [0.4, 0.5) is 16.2 Å². The smallest absolute Gasteiger partial charge is 0.329 e. The number of amides is 3. The monoisotopic (exact) mass is 438 g/mol. The summed E-state index contributed by atoms with van der Waals surface area (Å²) < 4.78 is 5.47. The van der Waals surface area contributed by atoms with E-state index in [1.807, 2.05) is 6.92 Å². The number of aliphatic hydroxyl groups is 1. The highest BCUT2D eigenvalue weighted by atomic mass is 16.5. The number of carbonyl (C=O) groups is 2. The van der Waals surface area contributed by atoms with E-state index in [0.29, 0.717) is 35.8 Å². The van der Waals surface area contributed by atoms with Gasteiger partial charge in [0.05, 0.1) is 12.3 Å². The maximum absolute atomic E-state index is 13.4. The Bertz CT molecular complexity index is 959. The van der Waals surface area contributed by atoms with E-state index in [2.05, 4.69) is 15.5 Å². The first kappa shape index (κ1) is 22.1. The number of nitrogens with one attached hydrogen (secondary N) is 2. The molecule has 2 aromatic rings. The van der Waals surface area contributed by atoms with E-state index in [4.69, 9.17) is 4.74 Å². The van der Waals surface area contributed by atoms with Crippen LogP contribution in [0.25, 0.3) is 0 Å². The summed E-state index contributed by atoms with van der Waals surface area (Å²) in [5, 5.41) is 17.4. The maximum atomic E-state index is 13.4. The lowest BCUT2D eigenvalue weighted by atomic mass is 9.94. The summed E-state index contributed by atoms with van der Waals surface area (Å²) in [7, 11) is 0. The second-order valence-corrected chi connectivity index (χ2v) is 8.07. The molecule has 2 aromatic carbocycles. The van der Waals surface area contributed by atoms with Gasteiger partial charge in [0.2, 0.25) is 0 Å². The second-order valence-electron chi connectivity index (χ2n) is 8.07. The van der Waals surface area contributed by atoms with E-state index >= 15 is 0 Å². The normalized spacial score (nSPS) is 20.6. The van der Waals surface area contributed by atoms with E-state index in [1.165, 1.54) is 12.8 Å². The third-order valence-electron chi connectivity index (χ3n) is 5.93. The molecule has 0 saturated carbocycles. The largest absolute Gasteiger partial charge is 0.494 e.